The second-order valence-corrected chi connectivity index (χ2v) is 2.48. The maximum Gasteiger partial charge on any atom is 0.332 e. The number of rotatable bonds is 5. The molecule has 0 aromatic carbocycles. The number of halogens is 1. The van der Waals surface area contributed by atoms with Crippen molar-refractivity contribution in [2.75, 3.05) is 6.61 Å². The van der Waals surface area contributed by atoms with Crippen molar-refractivity contribution in [2.24, 2.45) is 0 Å². The van der Waals surface area contributed by atoms with E-state index < -0.39 is 37.1 Å². The molecule has 0 aromatic heterocycles. The second kappa shape index (κ2) is 5.20. The first-order valence-corrected chi connectivity index (χ1v) is 3.44. The normalized spacial score (nSPS) is 20.5. The van der Waals surface area contributed by atoms with Gasteiger partial charge in [-0.2, -0.15) is 4.39 Å². The van der Waals surface area contributed by atoms with Crippen LogP contribution in [0.2, 0.25) is 0 Å². The highest BCUT2D eigenvalue weighted by molar-refractivity contribution is 5.73. The zero-order valence-corrected chi connectivity index (χ0v) is 6.54. The molecule has 13 heavy (non-hydrogen) atoms. The summed E-state index contributed by atoms with van der Waals surface area (Å²) in [6.07, 6.45) is -8.32. The predicted molar refractivity (Wildman–Crippen MR) is 37.2 cm³/mol. The molecule has 0 aliphatic carbocycles. The van der Waals surface area contributed by atoms with Crippen molar-refractivity contribution in [1.29, 1.82) is 0 Å². The molecule has 4 atom stereocenters. The molecule has 0 radical (unpaired) electrons. The molecule has 0 saturated heterocycles. The summed E-state index contributed by atoms with van der Waals surface area (Å²) in [6.45, 7) is -0.884. The fourth-order valence-electron chi connectivity index (χ4n) is 0.657. The highest BCUT2D eigenvalue weighted by Crippen LogP contribution is 2.06. The Morgan fingerprint density at radius 3 is 1.92 bits per heavy atom. The summed E-state index contributed by atoms with van der Waals surface area (Å²) < 4.78 is 11.8. The number of carbonyl (C=O) groups excluding carboxylic acids is 1. The summed E-state index contributed by atoms with van der Waals surface area (Å²) >= 11 is 0. The van der Waals surface area contributed by atoms with Gasteiger partial charge in [0.15, 0.2) is 6.10 Å². The Kier molecular flexibility index (Phi) is 4.96. The summed E-state index contributed by atoms with van der Waals surface area (Å²) in [5.74, 6) is 0. The molecule has 0 spiro atoms. The highest BCUT2D eigenvalue weighted by atomic mass is 19.1. The molecular formula is C6H11FO6. The zero-order valence-electron chi connectivity index (χ0n) is 6.54. The lowest BCUT2D eigenvalue weighted by Gasteiger charge is -2.22. The van der Waals surface area contributed by atoms with Crippen LogP contribution in [0, 0.1) is 0 Å². The molecular weight excluding hydrogens is 187 g/mol. The van der Waals surface area contributed by atoms with Crippen molar-refractivity contribution in [1.82, 2.24) is 0 Å². The predicted octanol–water partition coefficient (Wildman–Crippen LogP) is -3.08. The Bertz CT molecular complexity index is 175. The number of carbonyl (C=O) groups is 1. The van der Waals surface area contributed by atoms with Gasteiger partial charge in [0.25, 0.3) is 0 Å². The molecule has 7 heteroatoms. The van der Waals surface area contributed by atoms with Crippen LogP contribution in [0.1, 0.15) is 0 Å². The molecule has 0 bridgehead atoms. The van der Waals surface area contributed by atoms with Gasteiger partial charge in [0.05, 0.1) is 6.61 Å². The Hall–Kier alpha value is -0.600. The number of aliphatic hydroxyl groups excluding tert-OH is 5. The van der Waals surface area contributed by atoms with E-state index in [9.17, 15) is 9.18 Å². The van der Waals surface area contributed by atoms with E-state index >= 15 is 0 Å². The van der Waals surface area contributed by atoms with Crippen molar-refractivity contribution in [3.05, 3.63) is 0 Å². The third kappa shape index (κ3) is 3.33. The van der Waals surface area contributed by atoms with E-state index in [4.69, 9.17) is 25.5 Å². The fraction of sp³-hybridized carbons (Fsp3) is 0.833. The van der Waals surface area contributed by atoms with E-state index in [1.165, 1.54) is 0 Å². The molecule has 0 saturated carbocycles. The smallest absolute Gasteiger partial charge is 0.332 e. The monoisotopic (exact) mass is 198 g/mol. The molecule has 0 rings (SSSR count). The van der Waals surface area contributed by atoms with Crippen LogP contribution in [0.3, 0.4) is 0 Å². The summed E-state index contributed by atoms with van der Waals surface area (Å²) in [4.78, 5) is 9.87. The molecule has 0 aliphatic rings. The Balaban J connectivity index is 4.24. The van der Waals surface area contributed by atoms with Crippen molar-refractivity contribution in [3.63, 3.8) is 0 Å². The lowest BCUT2D eigenvalue weighted by atomic mass is 10.0. The van der Waals surface area contributed by atoms with E-state index in [1.807, 2.05) is 0 Å². The third-order valence-corrected chi connectivity index (χ3v) is 1.49. The van der Waals surface area contributed by atoms with Gasteiger partial charge in [-0.3, -0.25) is 4.79 Å². The van der Waals surface area contributed by atoms with Crippen LogP contribution in [-0.2, 0) is 4.79 Å². The van der Waals surface area contributed by atoms with Gasteiger partial charge in [-0.15, -0.1) is 0 Å². The molecule has 0 aliphatic heterocycles. The standard InChI is InChI=1S/C6H11FO6/c7-6(13)5(12)4(11)3(10)2(9)1-8/h2-5,8-12H,1H2/t2-,3+,4+,5-/m1/s1. The van der Waals surface area contributed by atoms with Crippen LogP contribution < -0.4 is 0 Å². The van der Waals surface area contributed by atoms with Gasteiger partial charge in [0, 0.05) is 0 Å². The van der Waals surface area contributed by atoms with E-state index in [0.29, 0.717) is 0 Å². The molecule has 0 amide bonds. The van der Waals surface area contributed by atoms with E-state index in [-0.39, 0.29) is 0 Å². The van der Waals surface area contributed by atoms with E-state index in [0.717, 1.165) is 0 Å². The van der Waals surface area contributed by atoms with Gasteiger partial charge in [0.2, 0.25) is 0 Å². The first kappa shape index (κ1) is 12.4. The molecule has 6 nitrogen and oxygen atoms in total. The minimum atomic E-state index is -2.42. The Labute approximate surface area is 72.9 Å². The van der Waals surface area contributed by atoms with Crippen molar-refractivity contribution < 1.29 is 34.7 Å². The summed E-state index contributed by atoms with van der Waals surface area (Å²) in [5, 5.41) is 43.3. The van der Waals surface area contributed by atoms with Crippen molar-refractivity contribution in [2.45, 2.75) is 24.4 Å². The second-order valence-electron chi connectivity index (χ2n) is 2.48. The van der Waals surface area contributed by atoms with Crippen LogP contribution in [0.25, 0.3) is 0 Å². The number of aliphatic hydroxyl groups is 5. The zero-order chi connectivity index (χ0) is 10.6. The number of hydrogen-bond acceptors (Lipinski definition) is 6. The van der Waals surface area contributed by atoms with Crippen LogP contribution >= 0.6 is 0 Å². The first-order chi connectivity index (χ1) is 5.91. The summed E-state index contributed by atoms with van der Waals surface area (Å²) in [7, 11) is 0. The van der Waals surface area contributed by atoms with Gasteiger partial charge in [-0.1, -0.05) is 0 Å². The topological polar surface area (TPSA) is 118 Å². The maximum atomic E-state index is 11.8. The van der Waals surface area contributed by atoms with Crippen LogP contribution in [0.5, 0.6) is 0 Å². The maximum absolute atomic E-state index is 11.8. The first-order valence-electron chi connectivity index (χ1n) is 3.44. The van der Waals surface area contributed by atoms with Gasteiger partial charge in [-0.05, 0) is 0 Å². The van der Waals surface area contributed by atoms with Crippen LogP contribution in [0.4, 0.5) is 4.39 Å². The highest BCUT2D eigenvalue weighted by Gasteiger charge is 2.34. The molecule has 5 N–H and O–H groups in total. The largest absolute Gasteiger partial charge is 0.394 e. The average Bonchev–Trinajstić information content (AvgIpc) is 2.12. The third-order valence-electron chi connectivity index (χ3n) is 1.49. The number of hydrogen-bond donors (Lipinski definition) is 5. The Morgan fingerprint density at radius 2 is 1.62 bits per heavy atom. The van der Waals surface area contributed by atoms with Crippen molar-refractivity contribution in [3.8, 4) is 0 Å². The SMILES string of the molecule is O=C(F)[C@H](O)[C@@H](O)[C@@H](O)[C@H](O)CO. The summed E-state index contributed by atoms with van der Waals surface area (Å²) in [5.41, 5.74) is 0. The van der Waals surface area contributed by atoms with E-state index in [1.54, 1.807) is 0 Å². The van der Waals surface area contributed by atoms with Gasteiger partial charge in [-0.25, -0.2) is 0 Å². The van der Waals surface area contributed by atoms with Crippen LogP contribution in [0.15, 0.2) is 0 Å². The lowest BCUT2D eigenvalue weighted by molar-refractivity contribution is -0.156. The van der Waals surface area contributed by atoms with E-state index in [2.05, 4.69) is 0 Å². The summed E-state index contributed by atoms with van der Waals surface area (Å²) in [6, 6.07) is -2.23. The molecule has 0 unspecified atom stereocenters. The minimum absolute atomic E-state index is 0.884. The average molecular weight is 198 g/mol. The fourth-order valence-corrected chi connectivity index (χ4v) is 0.657. The molecule has 0 aromatic rings. The lowest BCUT2D eigenvalue weighted by Crippen LogP contribution is -2.47. The molecule has 0 fully saturated rings. The van der Waals surface area contributed by atoms with Gasteiger partial charge in [0.1, 0.15) is 18.3 Å². The molecule has 78 valence electrons. The quantitative estimate of drug-likeness (QED) is 0.299. The van der Waals surface area contributed by atoms with Gasteiger partial charge < -0.3 is 25.5 Å². The Morgan fingerprint density at radius 1 is 1.15 bits per heavy atom. The minimum Gasteiger partial charge on any atom is -0.394 e. The van der Waals surface area contributed by atoms with Crippen molar-refractivity contribution >= 4 is 6.04 Å². The molecule has 0 heterocycles. The van der Waals surface area contributed by atoms with Crippen LogP contribution in [-0.4, -0.2) is 62.6 Å². The van der Waals surface area contributed by atoms with Gasteiger partial charge >= 0.3 is 6.04 Å².